The van der Waals surface area contributed by atoms with Gasteiger partial charge < -0.3 is 19.9 Å². The van der Waals surface area contributed by atoms with Gasteiger partial charge in [0.2, 0.25) is 17.4 Å². The Kier molecular flexibility index (Phi) is 5.75. The SMILES string of the molecule is CCCc1cc(=O)[nH]c2cc(NC(=O)C3CC(=O)N(c4cccc(OC)c4)C3)ccc12. The molecule has 0 aliphatic carbocycles. The second-order valence-corrected chi connectivity index (χ2v) is 7.77. The molecular formula is C24H25N3O4. The molecule has 0 saturated carbocycles. The number of ether oxygens (including phenoxy) is 1. The molecule has 1 aliphatic heterocycles. The summed E-state index contributed by atoms with van der Waals surface area (Å²) in [6.07, 6.45) is 1.90. The number of hydrogen-bond donors (Lipinski definition) is 2. The van der Waals surface area contributed by atoms with Gasteiger partial charge in [0.1, 0.15) is 5.75 Å². The molecule has 2 amide bonds. The second-order valence-electron chi connectivity index (χ2n) is 7.77. The number of anilines is 2. The van der Waals surface area contributed by atoms with Gasteiger partial charge >= 0.3 is 0 Å². The minimum Gasteiger partial charge on any atom is -0.497 e. The zero-order valence-electron chi connectivity index (χ0n) is 17.6. The van der Waals surface area contributed by atoms with Crippen molar-refractivity contribution in [3.63, 3.8) is 0 Å². The lowest BCUT2D eigenvalue weighted by molar-refractivity contribution is -0.122. The van der Waals surface area contributed by atoms with E-state index in [1.165, 1.54) is 0 Å². The highest BCUT2D eigenvalue weighted by Gasteiger charge is 2.35. The molecule has 2 heterocycles. The Morgan fingerprint density at radius 3 is 2.81 bits per heavy atom. The number of nitrogens with one attached hydrogen (secondary N) is 2. The van der Waals surface area contributed by atoms with Crippen molar-refractivity contribution in [1.82, 2.24) is 4.98 Å². The molecule has 1 unspecified atom stereocenters. The van der Waals surface area contributed by atoms with Crippen LogP contribution in [-0.2, 0) is 16.0 Å². The quantitative estimate of drug-likeness (QED) is 0.640. The first-order chi connectivity index (χ1) is 15.0. The number of aromatic amines is 1. The number of aryl methyl sites for hydroxylation is 1. The van der Waals surface area contributed by atoms with Gasteiger partial charge in [-0.3, -0.25) is 14.4 Å². The number of methoxy groups -OCH3 is 1. The van der Waals surface area contributed by atoms with Gasteiger partial charge in [0, 0.05) is 41.9 Å². The lowest BCUT2D eigenvalue weighted by atomic mass is 10.0. The Hall–Kier alpha value is -3.61. The minimum absolute atomic E-state index is 0.0968. The molecule has 2 N–H and O–H groups in total. The number of aromatic nitrogens is 1. The van der Waals surface area contributed by atoms with Crippen molar-refractivity contribution in [3.8, 4) is 5.75 Å². The smallest absolute Gasteiger partial charge is 0.248 e. The molecular weight excluding hydrogens is 394 g/mol. The molecule has 4 rings (SSSR count). The van der Waals surface area contributed by atoms with Crippen molar-refractivity contribution in [3.05, 3.63) is 64.4 Å². The zero-order chi connectivity index (χ0) is 22.0. The molecule has 7 heteroatoms. The summed E-state index contributed by atoms with van der Waals surface area (Å²) in [6.45, 7) is 2.38. The van der Waals surface area contributed by atoms with Gasteiger partial charge in [-0.25, -0.2) is 0 Å². The first kappa shape index (κ1) is 20.7. The number of benzene rings is 2. The average molecular weight is 419 g/mol. The number of amides is 2. The largest absolute Gasteiger partial charge is 0.497 e. The number of fused-ring (bicyclic) bond motifs is 1. The Labute approximate surface area is 180 Å². The predicted octanol–water partition coefficient (Wildman–Crippen LogP) is 3.48. The van der Waals surface area contributed by atoms with E-state index in [1.807, 2.05) is 30.3 Å². The Morgan fingerprint density at radius 2 is 2.03 bits per heavy atom. The third-order valence-electron chi connectivity index (χ3n) is 5.58. The molecule has 1 saturated heterocycles. The van der Waals surface area contributed by atoms with Gasteiger partial charge in [-0.2, -0.15) is 0 Å². The Bertz CT molecular complexity index is 1200. The second kappa shape index (κ2) is 8.63. The van der Waals surface area contributed by atoms with Crippen LogP contribution in [0.15, 0.2) is 53.3 Å². The van der Waals surface area contributed by atoms with E-state index in [4.69, 9.17) is 4.74 Å². The summed E-state index contributed by atoms with van der Waals surface area (Å²) in [7, 11) is 1.57. The van der Waals surface area contributed by atoms with E-state index in [0.29, 0.717) is 29.2 Å². The molecule has 1 fully saturated rings. The van der Waals surface area contributed by atoms with Crippen molar-refractivity contribution in [2.24, 2.45) is 5.92 Å². The van der Waals surface area contributed by atoms with Crippen LogP contribution >= 0.6 is 0 Å². The summed E-state index contributed by atoms with van der Waals surface area (Å²) in [4.78, 5) is 41.8. The van der Waals surface area contributed by atoms with Crippen LogP contribution in [0.4, 0.5) is 11.4 Å². The van der Waals surface area contributed by atoms with Crippen molar-refractivity contribution < 1.29 is 14.3 Å². The van der Waals surface area contributed by atoms with E-state index in [0.717, 1.165) is 23.8 Å². The molecule has 31 heavy (non-hydrogen) atoms. The lowest BCUT2D eigenvalue weighted by Crippen LogP contribution is -2.28. The van der Waals surface area contributed by atoms with Crippen molar-refractivity contribution >= 4 is 34.1 Å². The topological polar surface area (TPSA) is 91.5 Å². The molecule has 0 spiro atoms. The van der Waals surface area contributed by atoms with Crippen LogP contribution in [0.25, 0.3) is 10.9 Å². The van der Waals surface area contributed by atoms with E-state index in [9.17, 15) is 14.4 Å². The zero-order valence-corrected chi connectivity index (χ0v) is 17.6. The van der Waals surface area contributed by atoms with E-state index >= 15 is 0 Å². The number of pyridine rings is 1. The molecule has 0 radical (unpaired) electrons. The number of hydrogen-bond acceptors (Lipinski definition) is 4. The standard InChI is InChI=1S/C24H25N3O4/c1-3-5-15-10-22(28)26-21-12-17(8-9-20(15)21)25-24(30)16-11-23(29)27(14-16)18-6-4-7-19(13-18)31-2/h4,6-10,12-13,16H,3,5,11,14H2,1-2H3,(H,25,30)(H,26,28). The van der Waals surface area contributed by atoms with Crippen LogP contribution in [-0.4, -0.2) is 30.5 Å². The number of carbonyl (C=O) groups excluding carboxylic acids is 2. The number of carbonyl (C=O) groups is 2. The maximum absolute atomic E-state index is 12.8. The molecule has 0 bridgehead atoms. The minimum atomic E-state index is -0.458. The van der Waals surface area contributed by atoms with Crippen molar-refractivity contribution in [2.45, 2.75) is 26.2 Å². The summed E-state index contributed by atoms with van der Waals surface area (Å²) in [5.74, 6) is -0.115. The number of rotatable bonds is 6. The summed E-state index contributed by atoms with van der Waals surface area (Å²) in [5, 5.41) is 3.87. The molecule has 2 aromatic carbocycles. The monoisotopic (exact) mass is 419 g/mol. The van der Waals surface area contributed by atoms with Crippen molar-refractivity contribution in [2.75, 3.05) is 23.9 Å². The first-order valence-electron chi connectivity index (χ1n) is 10.4. The summed E-state index contributed by atoms with van der Waals surface area (Å²) >= 11 is 0. The van der Waals surface area contributed by atoms with Gasteiger partial charge in [0.05, 0.1) is 18.5 Å². The Morgan fingerprint density at radius 1 is 1.19 bits per heavy atom. The highest BCUT2D eigenvalue weighted by atomic mass is 16.5. The molecule has 3 aromatic rings. The molecule has 1 aliphatic rings. The number of nitrogens with zero attached hydrogens (tertiary/aromatic N) is 1. The van der Waals surface area contributed by atoms with Gasteiger partial charge in [-0.1, -0.05) is 25.5 Å². The van der Waals surface area contributed by atoms with E-state index in [1.54, 1.807) is 30.2 Å². The van der Waals surface area contributed by atoms with E-state index in [-0.39, 0.29) is 23.8 Å². The third kappa shape index (κ3) is 4.30. The fourth-order valence-electron chi connectivity index (χ4n) is 4.04. The fraction of sp³-hybridized carbons (Fsp3) is 0.292. The van der Waals surface area contributed by atoms with Crippen LogP contribution in [0.3, 0.4) is 0 Å². The summed E-state index contributed by atoms with van der Waals surface area (Å²) < 4.78 is 5.23. The number of H-pyrrole nitrogens is 1. The van der Waals surface area contributed by atoms with E-state index < -0.39 is 5.92 Å². The fourth-order valence-corrected chi connectivity index (χ4v) is 4.04. The normalized spacial score (nSPS) is 16.0. The summed E-state index contributed by atoms with van der Waals surface area (Å²) in [6, 6.07) is 14.4. The van der Waals surface area contributed by atoms with Crippen LogP contribution in [0, 0.1) is 5.92 Å². The average Bonchev–Trinajstić information content (AvgIpc) is 3.15. The van der Waals surface area contributed by atoms with Crippen LogP contribution < -0.4 is 20.5 Å². The maximum Gasteiger partial charge on any atom is 0.248 e. The van der Waals surface area contributed by atoms with Gasteiger partial charge in [0.15, 0.2) is 0 Å². The van der Waals surface area contributed by atoms with Gasteiger partial charge in [0.25, 0.3) is 0 Å². The van der Waals surface area contributed by atoms with Gasteiger partial charge in [-0.05, 0) is 36.2 Å². The molecule has 1 atom stereocenters. The van der Waals surface area contributed by atoms with Crippen molar-refractivity contribution in [1.29, 1.82) is 0 Å². The molecule has 160 valence electrons. The predicted molar refractivity (Wildman–Crippen MR) is 121 cm³/mol. The summed E-state index contributed by atoms with van der Waals surface area (Å²) in [5.41, 5.74) is 2.83. The van der Waals surface area contributed by atoms with Crippen LogP contribution in [0.5, 0.6) is 5.75 Å². The van der Waals surface area contributed by atoms with Crippen LogP contribution in [0.2, 0.25) is 0 Å². The van der Waals surface area contributed by atoms with Crippen LogP contribution in [0.1, 0.15) is 25.3 Å². The first-order valence-corrected chi connectivity index (χ1v) is 10.4. The van der Waals surface area contributed by atoms with E-state index in [2.05, 4.69) is 17.2 Å². The van der Waals surface area contributed by atoms with Gasteiger partial charge in [-0.15, -0.1) is 0 Å². The highest BCUT2D eigenvalue weighted by Crippen LogP contribution is 2.29. The molecule has 7 nitrogen and oxygen atoms in total. The third-order valence-corrected chi connectivity index (χ3v) is 5.58. The lowest BCUT2D eigenvalue weighted by Gasteiger charge is -2.17. The molecule has 1 aromatic heterocycles. The highest BCUT2D eigenvalue weighted by molar-refractivity contribution is 6.04. The maximum atomic E-state index is 12.8. The Balaban J connectivity index is 1.51.